The minimum Gasteiger partial charge on any atom is -0.255 e. The number of fused-ring (bicyclic) bond motifs is 3. The molecule has 4 aromatic heterocycles. The van der Waals surface area contributed by atoms with Gasteiger partial charge in [0, 0.05) is 18.0 Å². The van der Waals surface area contributed by atoms with Crippen molar-refractivity contribution in [3.63, 3.8) is 0 Å². The first kappa shape index (κ1) is 15.7. The molecule has 0 aliphatic rings. The van der Waals surface area contributed by atoms with Gasteiger partial charge in [-0.2, -0.15) is 13.2 Å². The maximum atomic E-state index is 13.0. The zero-order chi connectivity index (χ0) is 17.8. The molecule has 0 amide bonds. The Labute approximate surface area is 143 Å². The highest BCUT2D eigenvalue weighted by Gasteiger charge is 2.33. The van der Waals surface area contributed by atoms with Gasteiger partial charge in [0.1, 0.15) is 11.2 Å². The Morgan fingerprint density at radius 1 is 1.12 bits per heavy atom. The van der Waals surface area contributed by atoms with Crippen LogP contribution in [0.5, 0.6) is 0 Å². The molecule has 0 aliphatic heterocycles. The molecule has 4 aromatic rings. The van der Waals surface area contributed by atoms with E-state index in [1.807, 2.05) is 0 Å². The third kappa shape index (κ3) is 2.47. The maximum absolute atomic E-state index is 13.0. The lowest BCUT2D eigenvalue weighted by atomic mass is 10.2. The van der Waals surface area contributed by atoms with Crippen LogP contribution in [0.2, 0.25) is 5.02 Å². The van der Waals surface area contributed by atoms with Crippen LogP contribution in [0.25, 0.3) is 28.2 Å². The molecule has 0 unspecified atom stereocenters. The van der Waals surface area contributed by atoms with E-state index in [1.165, 1.54) is 0 Å². The van der Waals surface area contributed by atoms with Gasteiger partial charge in [-0.25, -0.2) is 9.97 Å². The Bertz CT molecular complexity index is 1120. The standard InChI is InChI=1S/C15H8ClF3N6/c1-7-12-23-24-13(25(12)14-10(22-7)3-2-4-20-14)8-5-11(15(17,18)19)21-6-9(8)16/h2-6H,1H3. The summed E-state index contributed by atoms with van der Waals surface area (Å²) in [4.78, 5) is 12.0. The summed E-state index contributed by atoms with van der Waals surface area (Å²) < 4.78 is 40.5. The number of aryl methyl sites for hydroxylation is 1. The van der Waals surface area contributed by atoms with E-state index in [0.717, 1.165) is 12.3 Å². The van der Waals surface area contributed by atoms with Gasteiger partial charge in [0.2, 0.25) is 0 Å². The van der Waals surface area contributed by atoms with E-state index >= 15 is 0 Å². The fraction of sp³-hybridized carbons (Fsp3) is 0.133. The third-order valence-electron chi connectivity index (χ3n) is 3.64. The highest BCUT2D eigenvalue weighted by Crippen LogP contribution is 2.34. The van der Waals surface area contributed by atoms with Gasteiger partial charge in [0.25, 0.3) is 0 Å². The summed E-state index contributed by atoms with van der Waals surface area (Å²) in [6, 6.07) is 4.31. The van der Waals surface area contributed by atoms with Crippen LogP contribution in [0, 0.1) is 6.92 Å². The van der Waals surface area contributed by atoms with Gasteiger partial charge in [-0.3, -0.25) is 9.38 Å². The highest BCUT2D eigenvalue weighted by molar-refractivity contribution is 6.33. The molecule has 0 spiro atoms. The predicted molar refractivity (Wildman–Crippen MR) is 84.1 cm³/mol. The average molecular weight is 365 g/mol. The van der Waals surface area contributed by atoms with E-state index in [1.54, 1.807) is 29.7 Å². The van der Waals surface area contributed by atoms with Crippen LogP contribution in [0.3, 0.4) is 0 Å². The van der Waals surface area contributed by atoms with Crippen molar-refractivity contribution in [1.82, 2.24) is 29.5 Å². The molecule has 25 heavy (non-hydrogen) atoms. The number of pyridine rings is 2. The molecule has 126 valence electrons. The number of halogens is 4. The van der Waals surface area contributed by atoms with Gasteiger partial charge in [-0.05, 0) is 25.1 Å². The van der Waals surface area contributed by atoms with Crippen molar-refractivity contribution in [3.05, 3.63) is 47.0 Å². The minimum absolute atomic E-state index is 0.0286. The smallest absolute Gasteiger partial charge is 0.255 e. The van der Waals surface area contributed by atoms with Crippen molar-refractivity contribution in [3.8, 4) is 11.4 Å². The predicted octanol–water partition coefficient (Wildman–Crippen LogP) is 3.72. The summed E-state index contributed by atoms with van der Waals surface area (Å²) in [7, 11) is 0. The number of alkyl halides is 3. The van der Waals surface area contributed by atoms with E-state index in [4.69, 9.17) is 11.6 Å². The third-order valence-corrected chi connectivity index (χ3v) is 3.94. The molecular formula is C15H8ClF3N6. The van der Waals surface area contributed by atoms with Crippen molar-refractivity contribution >= 4 is 28.4 Å². The Hall–Kier alpha value is -2.81. The van der Waals surface area contributed by atoms with Gasteiger partial charge in [-0.15, -0.1) is 10.2 Å². The fourth-order valence-corrected chi connectivity index (χ4v) is 2.73. The van der Waals surface area contributed by atoms with Crippen molar-refractivity contribution < 1.29 is 13.2 Å². The molecule has 0 fully saturated rings. The lowest BCUT2D eigenvalue weighted by molar-refractivity contribution is -0.141. The SMILES string of the molecule is Cc1nc2cccnc2n2c(-c3cc(C(F)(F)F)ncc3Cl)nnc12. The van der Waals surface area contributed by atoms with Gasteiger partial charge >= 0.3 is 6.18 Å². The molecule has 0 aromatic carbocycles. The molecule has 0 radical (unpaired) electrons. The second-order valence-corrected chi connectivity index (χ2v) is 5.68. The summed E-state index contributed by atoms with van der Waals surface area (Å²) in [6.07, 6.45) is -2.10. The molecule has 0 bridgehead atoms. The lowest BCUT2D eigenvalue weighted by Gasteiger charge is -2.09. The van der Waals surface area contributed by atoms with Crippen molar-refractivity contribution in [2.24, 2.45) is 0 Å². The Kier molecular flexibility index (Phi) is 3.36. The number of nitrogens with zero attached hydrogens (tertiary/aromatic N) is 6. The topological polar surface area (TPSA) is 68.9 Å². The average Bonchev–Trinajstić information content (AvgIpc) is 3.00. The first-order valence-corrected chi connectivity index (χ1v) is 7.43. The first-order valence-electron chi connectivity index (χ1n) is 7.06. The molecular weight excluding hydrogens is 357 g/mol. The molecule has 0 saturated carbocycles. The van der Waals surface area contributed by atoms with Crippen LogP contribution in [-0.2, 0) is 6.18 Å². The fourth-order valence-electron chi connectivity index (χ4n) is 2.54. The van der Waals surface area contributed by atoms with Crippen molar-refractivity contribution in [1.29, 1.82) is 0 Å². The van der Waals surface area contributed by atoms with Crippen molar-refractivity contribution in [2.45, 2.75) is 13.1 Å². The van der Waals surface area contributed by atoms with E-state index in [-0.39, 0.29) is 16.4 Å². The van der Waals surface area contributed by atoms with Crippen molar-refractivity contribution in [2.75, 3.05) is 0 Å². The number of hydrogen-bond acceptors (Lipinski definition) is 5. The number of hydrogen-bond donors (Lipinski definition) is 0. The summed E-state index contributed by atoms with van der Waals surface area (Å²) >= 11 is 6.08. The summed E-state index contributed by atoms with van der Waals surface area (Å²) in [6.45, 7) is 1.73. The normalized spacial score (nSPS) is 12.2. The molecule has 0 N–H and O–H groups in total. The zero-order valence-corrected chi connectivity index (χ0v) is 13.3. The van der Waals surface area contributed by atoms with E-state index in [9.17, 15) is 13.2 Å². The molecule has 0 saturated heterocycles. The largest absolute Gasteiger partial charge is 0.433 e. The van der Waals surface area contributed by atoms with Crippen LogP contribution in [0.15, 0.2) is 30.6 Å². The Morgan fingerprint density at radius 2 is 1.92 bits per heavy atom. The van der Waals surface area contributed by atoms with E-state index in [0.29, 0.717) is 22.5 Å². The van der Waals surface area contributed by atoms with Gasteiger partial charge in [0.15, 0.2) is 17.1 Å². The second-order valence-electron chi connectivity index (χ2n) is 5.27. The summed E-state index contributed by atoms with van der Waals surface area (Å²) in [5.74, 6) is 0.141. The van der Waals surface area contributed by atoms with Gasteiger partial charge in [0.05, 0.1) is 10.7 Å². The summed E-state index contributed by atoms with van der Waals surface area (Å²) in [5, 5.41) is 8.07. The Morgan fingerprint density at radius 3 is 2.68 bits per heavy atom. The molecule has 6 nitrogen and oxygen atoms in total. The lowest BCUT2D eigenvalue weighted by Crippen LogP contribution is -2.08. The van der Waals surface area contributed by atoms with Crippen LogP contribution in [0.1, 0.15) is 11.4 Å². The molecule has 4 rings (SSSR count). The first-order chi connectivity index (χ1) is 11.9. The van der Waals surface area contributed by atoms with Crippen LogP contribution in [-0.4, -0.2) is 29.5 Å². The minimum atomic E-state index is -4.60. The van der Waals surface area contributed by atoms with E-state index < -0.39 is 11.9 Å². The maximum Gasteiger partial charge on any atom is 0.433 e. The van der Waals surface area contributed by atoms with E-state index in [2.05, 4.69) is 25.1 Å². The number of rotatable bonds is 1. The molecule has 0 atom stereocenters. The quantitative estimate of drug-likeness (QED) is 0.515. The monoisotopic (exact) mass is 364 g/mol. The second kappa shape index (κ2) is 5.35. The Balaban J connectivity index is 2.09. The highest BCUT2D eigenvalue weighted by atomic mass is 35.5. The molecule has 10 heteroatoms. The van der Waals surface area contributed by atoms with Crippen LogP contribution in [0.4, 0.5) is 13.2 Å². The molecule has 4 heterocycles. The summed E-state index contributed by atoms with van der Waals surface area (Å²) in [5.41, 5.74) is 0.947. The van der Waals surface area contributed by atoms with Crippen LogP contribution >= 0.6 is 11.6 Å². The number of aromatic nitrogens is 6. The van der Waals surface area contributed by atoms with Crippen LogP contribution < -0.4 is 0 Å². The zero-order valence-electron chi connectivity index (χ0n) is 12.6. The molecule has 0 aliphatic carbocycles. The van der Waals surface area contributed by atoms with Gasteiger partial charge < -0.3 is 0 Å². The van der Waals surface area contributed by atoms with Gasteiger partial charge in [-0.1, -0.05) is 11.6 Å².